The number of para-hydroxylation sites is 1. The van der Waals surface area contributed by atoms with Gasteiger partial charge in [-0.3, -0.25) is 0 Å². The lowest BCUT2D eigenvalue weighted by atomic mass is 10.2. The molecule has 0 aliphatic rings. The Hall–Kier alpha value is -2.31. The minimum Gasteiger partial charge on any atom is -0.477 e. The lowest BCUT2D eigenvalue weighted by molar-refractivity contribution is -0.139. The quantitative estimate of drug-likeness (QED) is 0.646. The summed E-state index contributed by atoms with van der Waals surface area (Å²) in [4.78, 5) is 9.78. The average molecular weight is 353 g/mol. The Balaban J connectivity index is 2.43. The number of nitrogens with zero attached hydrogens (tertiary/aromatic N) is 3. The van der Waals surface area contributed by atoms with Crippen molar-refractivity contribution in [2.24, 2.45) is 0 Å². The largest absolute Gasteiger partial charge is 0.477 e. The van der Waals surface area contributed by atoms with Crippen LogP contribution in [-0.4, -0.2) is 23.1 Å². The first-order valence-corrected chi connectivity index (χ1v) is 8.28. The summed E-state index contributed by atoms with van der Waals surface area (Å²) in [6, 6.07) is 7.59. The van der Waals surface area contributed by atoms with E-state index in [1.165, 1.54) is 0 Å². The van der Waals surface area contributed by atoms with Gasteiger partial charge in [-0.15, -0.1) is 0 Å². The Morgan fingerprint density at radius 3 is 2.48 bits per heavy atom. The van der Waals surface area contributed by atoms with E-state index >= 15 is 0 Å². The maximum atomic E-state index is 13.2. The number of aromatic nitrogens is 2. The highest BCUT2D eigenvalue weighted by atomic mass is 19.4. The molecule has 0 spiro atoms. The molecule has 0 fully saturated rings. The van der Waals surface area contributed by atoms with Crippen LogP contribution < -0.4 is 9.64 Å². The zero-order valence-corrected chi connectivity index (χ0v) is 14.6. The predicted octanol–water partition coefficient (Wildman–Crippen LogP) is 5.14. The van der Waals surface area contributed by atoms with Crippen LogP contribution >= 0.6 is 0 Å². The highest BCUT2D eigenvalue weighted by Gasteiger charge is 2.36. The molecule has 0 amide bonds. The topological polar surface area (TPSA) is 38.2 Å². The summed E-state index contributed by atoms with van der Waals surface area (Å²) in [5.74, 6) is -0.228. The molecule has 0 atom stereocenters. The van der Waals surface area contributed by atoms with Gasteiger partial charge >= 0.3 is 6.18 Å². The fourth-order valence-corrected chi connectivity index (χ4v) is 2.39. The molecule has 0 N–H and O–H groups in total. The molecule has 0 aliphatic heterocycles. The van der Waals surface area contributed by atoms with Gasteiger partial charge in [-0.2, -0.15) is 18.2 Å². The first-order valence-electron chi connectivity index (χ1n) is 8.28. The minimum absolute atomic E-state index is 0.187. The van der Waals surface area contributed by atoms with Crippen LogP contribution in [0.25, 0.3) is 0 Å². The van der Waals surface area contributed by atoms with E-state index in [0.29, 0.717) is 13.0 Å². The van der Waals surface area contributed by atoms with Crippen molar-refractivity contribution in [3.05, 3.63) is 41.6 Å². The molecular weight excluding hydrogens is 331 g/mol. The number of unbranched alkanes of at least 4 members (excludes halogenated alkanes) is 1. The Bertz CT molecular complexity index is 704. The van der Waals surface area contributed by atoms with Gasteiger partial charge in [0.2, 0.25) is 11.8 Å². The van der Waals surface area contributed by atoms with Crippen LogP contribution in [0.3, 0.4) is 0 Å². The summed E-state index contributed by atoms with van der Waals surface area (Å²) < 4.78 is 44.9. The molecule has 0 radical (unpaired) electrons. The molecule has 0 saturated carbocycles. The summed E-state index contributed by atoms with van der Waals surface area (Å²) >= 11 is 0. The van der Waals surface area contributed by atoms with Crippen LogP contribution in [-0.2, 0) is 6.18 Å². The summed E-state index contributed by atoms with van der Waals surface area (Å²) in [6.07, 6.45) is -2.28. The Labute approximate surface area is 145 Å². The van der Waals surface area contributed by atoms with Crippen molar-refractivity contribution in [2.75, 3.05) is 18.1 Å². The predicted molar refractivity (Wildman–Crippen MR) is 91.3 cm³/mol. The van der Waals surface area contributed by atoms with Crippen LogP contribution in [0.2, 0.25) is 0 Å². The van der Waals surface area contributed by atoms with Gasteiger partial charge in [0.25, 0.3) is 0 Å². The maximum Gasteiger partial charge on any atom is 0.423 e. The lowest BCUT2D eigenvalue weighted by Gasteiger charge is -2.24. The SMILES string of the molecule is CCCCOc1nc(N(CC)c2ccccc2C)ncc1C(F)(F)F. The number of rotatable bonds is 7. The van der Waals surface area contributed by atoms with Crippen molar-refractivity contribution in [1.82, 2.24) is 9.97 Å². The van der Waals surface area contributed by atoms with E-state index < -0.39 is 17.6 Å². The molecule has 0 unspecified atom stereocenters. The van der Waals surface area contributed by atoms with E-state index in [1.807, 2.05) is 45.0 Å². The monoisotopic (exact) mass is 353 g/mol. The van der Waals surface area contributed by atoms with Crippen molar-refractivity contribution < 1.29 is 17.9 Å². The van der Waals surface area contributed by atoms with Gasteiger partial charge < -0.3 is 9.64 Å². The zero-order valence-electron chi connectivity index (χ0n) is 14.6. The molecular formula is C18H22F3N3O. The highest BCUT2D eigenvalue weighted by molar-refractivity contribution is 5.61. The molecule has 4 nitrogen and oxygen atoms in total. The third-order valence-electron chi connectivity index (χ3n) is 3.75. The molecule has 0 saturated heterocycles. The molecule has 2 rings (SSSR count). The van der Waals surface area contributed by atoms with E-state index in [2.05, 4.69) is 9.97 Å². The fourth-order valence-electron chi connectivity index (χ4n) is 2.39. The third-order valence-corrected chi connectivity index (χ3v) is 3.75. The van der Waals surface area contributed by atoms with E-state index in [1.54, 1.807) is 4.90 Å². The zero-order chi connectivity index (χ0) is 18.4. The number of aryl methyl sites for hydroxylation is 1. The number of ether oxygens (including phenoxy) is 1. The summed E-state index contributed by atoms with van der Waals surface area (Å²) in [5.41, 5.74) is 0.888. The first kappa shape index (κ1) is 19.0. The average Bonchev–Trinajstić information content (AvgIpc) is 2.57. The van der Waals surface area contributed by atoms with E-state index in [0.717, 1.165) is 23.9 Å². The minimum atomic E-state index is -4.56. The van der Waals surface area contributed by atoms with Gasteiger partial charge in [0, 0.05) is 18.4 Å². The Kier molecular flexibility index (Phi) is 6.22. The third kappa shape index (κ3) is 4.61. The molecule has 1 heterocycles. The van der Waals surface area contributed by atoms with Gasteiger partial charge in [0.15, 0.2) is 0 Å². The van der Waals surface area contributed by atoms with E-state index in [9.17, 15) is 13.2 Å². The van der Waals surface area contributed by atoms with Crippen LogP contribution in [0.4, 0.5) is 24.8 Å². The molecule has 0 bridgehead atoms. The van der Waals surface area contributed by atoms with Crippen molar-refractivity contribution in [3.8, 4) is 5.88 Å². The van der Waals surface area contributed by atoms with Crippen molar-refractivity contribution >= 4 is 11.6 Å². The van der Waals surface area contributed by atoms with Crippen molar-refractivity contribution in [3.63, 3.8) is 0 Å². The normalized spacial score (nSPS) is 11.4. The molecule has 136 valence electrons. The van der Waals surface area contributed by atoms with E-state index in [4.69, 9.17) is 4.74 Å². The van der Waals surface area contributed by atoms with Gasteiger partial charge in [-0.05, 0) is 31.9 Å². The Morgan fingerprint density at radius 1 is 1.16 bits per heavy atom. The van der Waals surface area contributed by atoms with Gasteiger partial charge in [-0.1, -0.05) is 31.5 Å². The van der Waals surface area contributed by atoms with Crippen molar-refractivity contribution in [2.45, 2.75) is 39.8 Å². The number of anilines is 2. The van der Waals surface area contributed by atoms with Crippen LogP contribution in [0, 0.1) is 6.92 Å². The van der Waals surface area contributed by atoms with Crippen LogP contribution in [0.1, 0.15) is 37.8 Å². The van der Waals surface area contributed by atoms with Gasteiger partial charge in [0.05, 0.1) is 6.61 Å². The van der Waals surface area contributed by atoms with Gasteiger partial charge in [-0.25, -0.2) is 4.98 Å². The van der Waals surface area contributed by atoms with Gasteiger partial charge in [0.1, 0.15) is 5.56 Å². The second-order valence-corrected chi connectivity index (χ2v) is 5.62. The second kappa shape index (κ2) is 8.18. The standard InChI is InChI=1S/C18H22F3N3O/c1-4-6-11-25-16-14(18(19,20)21)12-22-17(23-16)24(5-2)15-10-8-7-9-13(15)3/h7-10,12H,4-6,11H2,1-3H3. The summed E-state index contributed by atoms with van der Waals surface area (Å²) in [5, 5.41) is 0. The molecule has 2 aromatic rings. The number of hydrogen-bond donors (Lipinski definition) is 0. The molecule has 7 heteroatoms. The second-order valence-electron chi connectivity index (χ2n) is 5.62. The number of hydrogen-bond acceptors (Lipinski definition) is 4. The summed E-state index contributed by atoms with van der Waals surface area (Å²) in [7, 11) is 0. The first-order chi connectivity index (χ1) is 11.9. The van der Waals surface area contributed by atoms with Crippen molar-refractivity contribution in [1.29, 1.82) is 0 Å². The maximum absolute atomic E-state index is 13.2. The molecule has 1 aromatic heterocycles. The molecule has 25 heavy (non-hydrogen) atoms. The smallest absolute Gasteiger partial charge is 0.423 e. The molecule has 0 aliphatic carbocycles. The lowest BCUT2D eigenvalue weighted by Crippen LogP contribution is -2.21. The summed E-state index contributed by atoms with van der Waals surface area (Å²) in [6.45, 7) is 6.47. The van der Waals surface area contributed by atoms with E-state index in [-0.39, 0.29) is 12.6 Å². The fraction of sp³-hybridized carbons (Fsp3) is 0.444. The Morgan fingerprint density at radius 2 is 1.88 bits per heavy atom. The number of halogens is 3. The number of benzene rings is 1. The number of alkyl halides is 3. The highest BCUT2D eigenvalue weighted by Crippen LogP contribution is 2.36. The molecule has 1 aromatic carbocycles. The van der Waals surface area contributed by atoms with Crippen LogP contribution in [0.5, 0.6) is 5.88 Å². The van der Waals surface area contributed by atoms with Crippen LogP contribution in [0.15, 0.2) is 30.5 Å².